The van der Waals surface area contributed by atoms with E-state index in [0.717, 1.165) is 16.5 Å². The van der Waals surface area contributed by atoms with Crippen LogP contribution in [-0.2, 0) is 9.53 Å². The Hall–Kier alpha value is -2.78. The average Bonchev–Trinajstić information content (AvgIpc) is 3.11. The lowest BCUT2D eigenvalue weighted by Gasteiger charge is -2.29. The Morgan fingerprint density at radius 2 is 1.92 bits per heavy atom. The molecule has 0 spiro atoms. The molecule has 1 aliphatic heterocycles. The van der Waals surface area contributed by atoms with E-state index in [2.05, 4.69) is 22.0 Å². The number of benzene rings is 1. The van der Waals surface area contributed by atoms with Gasteiger partial charge in [0.2, 0.25) is 5.88 Å². The van der Waals surface area contributed by atoms with Gasteiger partial charge in [0.15, 0.2) is 5.78 Å². The van der Waals surface area contributed by atoms with Gasteiger partial charge in [0.05, 0.1) is 5.92 Å². The molecule has 2 aromatic rings. The Kier molecular flexibility index (Phi) is 4.17. The van der Waals surface area contributed by atoms with Crippen LogP contribution < -0.4 is 5.73 Å². The van der Waals surface area contributed by atoms with Crippen molar-refractivity contribution in [3.63, 3.8) is 0 Å². The number of rotatable bonds is 2. The fourth-order valence-electron chi connectivity index (χ4n) is 3.42. The van der Waals surface area contributed by atoms with Crippen molar-refractivity contribution < 1.29 is 13.9 Å². The number of halogens is 1. The van der Waals surface area contributed by atoms with Crippen molar-refractivity contribution in [3.05, 3.63) is 69.4 Å². The average molecular weight is 411 g/mol. The molecule has 0 saturated carbocycles. The second-order valence-electron chi connectivity index (χ2n) is 6.25. The minimum atomic E-state index is -0.610. The number of carbonyl (C=O) groups excluding carboxylic acids is 1. The lowest BCUT2D eigenvalue weighted by molar-refractivity contribution is -0.116. The fraction of sp³-hybridized carbons (Fsp3) is 0.200. The van der Waals surface area contributed by atoms with Crippen LogP contribution in [-0.4, -0.2) is 5.78 Å². The van der Waals surface area contributed by atoms with Gasteiger partial charge >= 0.3 is 0 Å². The van der Waals surface area contributed by atoms with Crippen LogP contribution in [0, 0.1) is 11.3 Å². The molecule has 130 valence electrons. The van der Waals surface area contributed by atoms with Crippen LogP contribution in [0.15, 0.2) is 68.1 Å². The first kappa shape index (κ1) is 16.7. The van der Waals surface area contributed by atoms with Crippen LogP contribution in [0.2, 0.25) is 0 Å². The number of nitrogens with zero attached hydrogens (tertiary/aromatic N) is 1. The van der Waals surface area contributed by atoms with E-state index in [-0.39, 0.29) is 17.2 Å². The Balaban J connectivity index is 1.80. The van der Waals surface area contributed by atoms with Crippen LogP contribution in [0.4, 0.5) is 0 Å². The number of carbonyl (C=O) groups is 1. The maximum absolute atomic E-state index is 12.5. The highest BCUT2D eigenvalue weighted by Crippen LogP contribution is 2.44. The molecule has 0 saturated heterocycles. The van der Waals surface area contributed by atoms with E-state index < -0.39 is 5.92 Å². The summed E-state index contributed by atoms with van der Waals surface area (Å²) in [5, 5.41) is 9.58. The first-order valence-corrected chi connectivity index (χ1v) is 9.07. The molecule has 4 rings (SSSR count). The molecule has 1 aliphatic carbocycles. The van der Waals surface area contributed by atoms with E-state index in [4.69, 9.17) is 14.9 Å². The number of nitriles is 1. The van der Waals surface area contributed by atoms with Crippen LogP contribution in [0.5, 0.6) is 0 Å². The SMILES string of the molecule is N#CC1=C(N)OC2=C(C(=O)CCC2)[C@H]1c1ccc(-c2ccc(Br)cc2)o1. The van der Waals surface area contributed by atoms with Gasteiger partial charge in [-0.05, 0) is 30.7 Å². The number of furan rings is 1. The first-order valence-electron chi connectivity index (χ1n) is 8.28. The van der Waals surface area contributed by atoms with E-state index in [9.17, 15) is 10.1 Å². The third-order valence-corrected chi connectivity index (χ3v) is 5.17. The number of hydrogen-bond donors (Lipinski definition) is 1. The summed E-state index contributed by atoms with van der Waals surface area (Å²) in [6.45, 7) is 0. The van der Waals surface area contributed by atoms with Gasteiger partial charge in [-0.1, -0.05) is 28.1 Å². The lowest BCUT2D eigenvalue weighted by Crippen LogP contribution is -2.27. The van der Waals surface area contributed by atoms with Crippen molar-refractivity contribution in [1.29, 1.82) is 5.26 Å². The number of hydrogen-bond acceptors (Lipinski definition) is 5. The third kappa shape index (κ3) is 2.74. The number of ether oxygens (including phenoxy) is 1. The third-order valence-electron chi connectivity index (χ3n) is 4.64. The van der Waals surface area contributed by atoms with Crippen molar-refractivity contribution in [2.24, 2.45) is 5.73 Å². The van der Waals surface area contributed by atoms with Gasteiger partial charge in [-0.25, -0.2) is 0 Å². The van der Waals surface area contributed by atoms with E-state index in [1.54, 1.807) is 6.07 Å². The molecular weight excluding hydrogens is 396 g/mol. The zero-order valence-electron chi connectivity index (χ0n) is 13.8. The second kappa shape index (κ2) is 6.50. The molecule has 6 heteroatoms. The van der Waals surface area contributed by atoms with Crippen LogP contribution in [0.3, 0.4) is 0 Å². The molecular formula is C20H15BrN2O3. The van der Waals surface area contributed by atoms with Crippen LogP contribution >= 0.6 is 15.9 Å². The summed E-state index contributed by atoms with van der Waals surface area (Å²) in [5.74, 6) is 1.17. The van der Waals surface area contributed by atoms with Crippen molar-refractivity contribution in [3.8, 4) is 17.4 Å². The standard InChI is InChI=1S/C20H15BrN2O3/c21-12-6-4-11(5-7-12)15-8-9-17(25-15)18-13(10-22)20(23)26-16-3-1-2-14(24)19(16)18/h4-9,18H,1-3,23H2/t18-/m1/s1. The van der Waals surface area contributed by atoms with E-state index in [1.807, 2.05) is 30.3 Å². The molecule has 0 unspecified atom stereocenters. The van der Waals surface area contributed by atoms with Crippen LogP contribution in [0.1, 0.15) is 30.9 Å². The van der Waals surface area contributed by atoms with Gasteiger partial charge in [0, 0.05) is 28.5 Å². The molecule has 1 aromatic heterocycles. The molecule has 0 bridgehead atoms. The fourth-order valence-corrected chi connectivity index (χ4v) is 3.68. The Morgan fingerprint density at radius 3 is 2.65 bits per heavy atom. The highest BCUT2D eigenvalue weighted by molar-refractivity contribution is 9.10. The molecule has 26 heavy (non-hydrogen) atoms. The minimum Gasteiger partial charge on any atom is -0.460 e. The molecule has 0 amide bonds. The van der Waals surface area contributed by atoms with Crippen molar-refractivity contribution in [2.45, 2.75) is 25.2 Å². The van der Waals surface area contributed by atoms with E-state index in [1.165, 1.54) is 0 Å². The van der Waals surface area contributed by atoms with Gasteiger partial charge in [0.25, 0.3) is 0 Å². The molecule has 2 N–H and O–H groups in total. The molecule has 1 atom stereocenters. The highest BCUT2D eigenvalue weighted by Gasteiger charge is 2.39. The predicted octanol–water partition coefficient (Wildman–Crippen LogP) is 4.52. The number of nitrogens with two attached hydrogens (primary N) is 1. The monoisotopic (exact) mass is 410 g/mol. The summed E-state index contributed by atoms with van der Waals surface area (Å²) >= 11 is 3.41. The second-order valence-corrected chi connectivity index (χ2v) is 7.16. The van der Waals surface area contributed by atoms with Crippen molar-refractivity contribution in [1.82, 2.24) is 0 Å². The maximum atomic E-state index is 12.5. The zero-order chi connectivity index (χ0) is 18.3. The Labute approximate surface area is 158 Å². The maximum Gasteiger partial charge on any atom is 0.205 e. The Morgan fingerprint density at radius 1 is 1.15 bits per heavy atom. The summed E-state index contributed by atoms with van der Waals surface area (Å²) in [6, 6.07) is 13.4. The predicted molar refractivity (Wildman–Crippen MR) is 98.4 cm³/mol. The van der Waals surface area contributed by atoms with Gasteiger partial charge in [0.1, 0.15) is 28.9 Å². The normalized spacial score (nSPS) is 19.8. The molecule has 1 aromatic carbocycles. The summed E-state index contributed by atoms with van der Waals surface area (Å²) in [4.78, 5) is 12.5. The van der Waals surface area contributed by atoms with Gasteiger partial charge in [-0.15, -0.1) is 0 Å². The summed E-state index contributed by atoms with van der Waals surface area (Å²) in [5.41, 5.74) is 7.57. The highest BCUT2D eigenvalue weighted by atomic mass is 79.9. The first-order chi connectivity index (χ1) is 12.6. The zero-order valence-corrected chi connectivity index (χ0v) is 15.4. The van der Waals surface area contributed by atoms with E-state index >= 15 is 0 Å². The number of allylic oxidation sites excluding steroid dienone is 3. The topological polar surface area (TPSA) is 89.3 Å². The van der Waals surface area contributed by atoms with Crippen molar-refractivity contribution in [2.75, 3.05) is 0 Å². The summed E-state index contributed by atoms with van der Waals surface area (Å²) in [7, 11) is 0. The van der Waals surface area contributed by atoms with Gasteiger partial charge in [-0.2, -0.15) is 5.26 Å². The van der Waals surface area contributed by atoms with Gasteiger partial charge < -0.3 is 14.9 Å². The number of ketones is 1. The molecule has 5 nitrogen and oxygen atoms in total. The lowest BCUT2D eigenvalue weighted by atomic mass is 9.80. The molecule has 0 radical (unpaired) electrons. The summed E-state index contributed by atoms with van der Waals surface area (Å²) < 4.78 is 12.6. The minimum absolute atomic E-state index is 0.0157. The molecule has 2 heterocycles. The molecule has 2 aliphatic rings. The largest absolute Gasteiger partial charge is 0.460 e. The summed E-state index contributed by atoms with van der Waals surface area (Å²) in [6.07, 6.45) is 1.80. The molecule has 0 fully saturated rings. The number of Topliss-reactive ketones (excluding diaryl/α,β-unsaturated/α-hetero) is 1. The van der Waals surface area contributed by atoms with Crippen LogP contribution in [0.25, 0.3) is 11.3 Å². The van der Waals surface area contributed by atoms with Gasteiger partial charge in [-0.3, -0.25) is 4.79 Å². The van der Waals surface area contributed by atoms with Crippen molar-refractivity contribution >= 4 is 21.7 Å². The Bertz CT molecular complexity index is 993. The van der Waals surface area contributed by atoms with E-state index in [0.29, 0.717) is 35.7 Å². The smallest absolute Gasteiger partial charge is 0.205 e. The quantitative estimate of drug-likeness (QED) is 0.785.